The second-order valence-electron chi connectivity index (χ2n) is 4.71. The summed E-state index contributed by atoms with van der Waals surface area (Å²) in [6, 6.07) is 5.32. The summed E-state index contributed by atoms with van der Waals surface area (Å²) in [4.78, 5) is 11.8. The Balaban J connectivity index is 2.50. The number of carbonyl (C=O) groups is 1. The van der Waals surface area contributed by atoms with Crippen molar-refractivity contribution in [3.8, 4) is 0 Å². The highest BCUT2D eigenvalue weighted by atomic mass is 35.5. The van der Waals surface area contributed by atoms with Crippen LogP contribution in [0, 0.1) is 0 Å². The molecule has 1 amide bonds. The van der Waals surface area contributed by atoms with Crippen LogP contribution in [0.1, 0.15) is 18.9 Å². The molecule has 0 saturated heterocycles. The zero-order valence-electron chi connectivity index (χ0n) is 11.7. The van der Waals surface area contributed by atoms with Crippen molar-refractivity contribution in [3.63, 3.8) is 0 Å². The average Bonchev–Trinajstić information content (AvgIpc) is 2.39. The van der Waals surface area contributed by atoms with Gasteiger partial charge in [-0.2, -0.15) is 0 Å². The van der Waals surface area contributed by atoms with Crippen LogP contribution in [0.2, 0.25) is 10.0 Å². The molecule has 112 valence electrons. The standard InChI is InChI=1S/C14H20Cl2N2O2/c1-9(18-14(19)7-12(8-17)20-2)5-10-3-4-11(15)6-13(10)16/h3-4,6,9,12H,5,7-8,17H2,1-2H3,(H,18,19). The van der Waals surface area contributed by atoms with Gasteiger partial charge in [-0.05, 0) is 31.0 Å². The topological polar surface area (TPSA) is 64.3 Å². The molecule has 0 fully saturated rings. The molecule has 0 aliphatic heterocycles. The van der Waals surface area contributed by atoms with Crippen LogP contribution in [0.15, 0.2) is 18.2 Å². The number of amides is 1. The number of hydrogen-bond donors (Lipinski definition) is 2. The van der Waals surface area contributed by atoms with Crippen LogP contribution < -0.4 is 11.1 Å². The SMILES string of the molecule is COC(CN)CC(=O)NC(C)Cc1ccc(Cl)cc1Cl. The van der Waals surface area contributed by atoms with Crippen LogP contribution >= 0.6 is 23.2 Å². The summed E-state index contributed by atoms with van der Waals surface area (Å²) in [5, 5.41) is 4.11. The van der Waals surface area contributed by atoms with Crippen LogP contribution in [-0.4, -0.2) is 31.7 Å². The molecule has 0 heterocycles. The third kappa shape index (κ3) is 5.67. The number of benzene rings is 1. The number of carbonyl (C=O) groups excluding carboxylic acids is 1. The molecule has 0 radical (unpaired) electrons. The first-order chi connectivity index (χ1) is 9.46. The molecule has 1 aromatic carbocycles. The van der Waals surface area contributed by atoms with Gasteiger partial charge < -0.3 is 15.8 Å². The summed E-state index contributed by atoms with van der Waals surface area (Å²) in [6.07, 6.45) is 0.648. The highest BCUT2D eigenvalue weighted by molar-refractivity contribution is 6.35. The van der Waals surface area contributed by atoms with Crippen molar-refractivity contribution in [3.05, 3.63) is 33.8 Å². The van der Waals surface area contributed by atoms with E-state index in [9.17, 15) is 4.79 Å². The lowest BCUT2D eigenvalue weighted by Gasteiger charge is -2.17. The number of halogens is 2. The molecule has 3 N–H and O–H groups in total. The maximum Gasteiger partial charge on any atom is 0.222 e. The molecule has 2 atom stereocenters. The largest absolute Gasteiger partial charge is 0.380 e. The molecule has 0 aliphatic rings. The summed E-state index contributed by atoms with van der Waals surface area (Å²) in [7, 11) is 1.54. The van der Waals surface area contributed by atoms with Crippen molar-refractivity contribution < 1.29 is 9.53 Å². The van der Waals surface area contributed by atoms with E-state index in [1.807, 2.05) is 13.0 Å². The Morgan fingerprint density at radius 1 is 1.45 bits per heavy atom. The lowest BCUT2D eigenvalue weighted by atomic mass is 10.1. The summed E-state index contributed by atoms with van der Waals surface area (Å²) in [5.74, 6) is -0.0834. The Morgan fingerprint density at radius 3 is 2.70 bits per heavy atom. The van der Waals surface area contributed by atoms with Gasteiger partial charge in [0.1, 0.15) is 0 Å². The molecular weight excluding hydrogens is 299 g/mol. The molecule has 0 saturated carbocycles. The molecule has 0 aromatic heterocycles. The number of rotatable bonds is 7. The van der Waals surface area contributed by atoms with Crippen molar-refractivity contribution in [1.82, 2.24) is 5.32 Å². The molecule has 0 aliphatic carbocycles. The van der Waals surface area contributed by atoms with Gasteiger partial charge in [0.25, 0.3) is 0 Å². The fourth-order valence-corrected chi connectivity index (χ4v) is 2.36. The monoisotopic (exact) mass is 318 g/mol. The number of ether oxygens (including phenoxy) is 1. The van der Waals surface area contributed by atoms with E-state index in [0.29, 0.717) is 23.0 Å². The maximum atomic E-state index is 11.8. The minimum atomic E-state index is -0.249. The molecule has 6 heteroatoms. The van der Waals surface area contributed by atoms with E-state index in [2.05, 4.69) is 5.32 Å². The first-order valence-corrected chi connectivity index (χ1v) is 7.18. The smallest absolute Gasteiger partial charge is 0.222 e. The van der Waals surface area contributed by atoms with Crippen LogP contribution in [0.5, 0.6) is 0 Å². The zero-order valence-corrected chi connectivity index (χ0v) is 13.2. The molecule has 1 rings (SSSR count). The van der Waals surface area contributed by atoms with Gasteiger partial charge in [-0.25, -0.2) is 0 Å². The molecule has 20 heavy (non-hydrogen) atoms. The van der Waals surface area contributed by atoms with E-state index in [-0.39, 0.29) is 24.5 Å². The Hall–Kier alpha value is -0.810. The van der Waals surface area contributed by atoms with Crippen molar-refractivity contribution in [2.24, 2.45) is 5.73 Å². The molecular formula is C14H20Cl2N2O2. The van der Waals surface area contributed by atoms with Gasteiger partial charge >= 0.3 is 0 Å². The van der Waals surface area contributed by atoms with Crippen LogP contribution in [0.3, 0.4) is 0 Å². The maximum absolute atomic E-state index is 11.8. The fourth-order valence-electron chi connectivity index (χ4n) is 1.87. The number of nitrogens with two attached hydrogens (primary N) is 1. The summed E-state index contributed by atoms with van der Waals surface area (Å²) >= 11 is 12.0. The van der Waals surface area contributed by atoms with Gasteiger partial charge in [-0.15, -0.1) is 0 Å². The highest BCUT2D eigenvalue weighted by Crippen LogP contribution is 2.22. The Kier molecular flexibility index (Phi) is 7.30. The first-order valence-electron chi connectivity index (χ1n) is 6.42. The predicted octanol–water partition coefficient (Wildman–Crippen LogP) is 2.40. The Morgan fingerprint density at radius 2 is 2.15 bits per heavy atom. The number of nitrogens with one attached hydrogen (secondary N) is 1. The average molecular weight is 319 g/mol. The van der Waals surface area contributed by atoms with Crippen molar-refractivity contribution in [2.45, 2.75) is 31.9 Å². The van der Waals surface area contributed by atoms with Gasteiger partial charge in [0, 0.05) is 29.7 Å². The van der Waals surface area contributed by atoms with Gasteiger partial charge in [0.2, 0.25) is 5.91 Å². The number of hydrogen-bond acceptors (Lipinski definition) is 3. The van der Waals surface area contributed by atoms with Crippen LogP contribution in [0.4, 0.5) is 0 Å². The van der Waals surface area contributed by atoms with Gasteiger partial charge in [-0.3, -0.25) is 4.79 Å². The molecule has 0 spiro atoms. The van der Waals surface area contributed by atoms with Crippen molar-refractivity contribution >= 4 is 29.1 Å². The van der Waals surface area contributed by atoms with E-state index >= 15 is 0 Å². The summed E-state index contributed by atoms with van der Waals surface area (Å²) < 4.78 is 5.08. The third-order valence-corrected chi connectivity index (χ3v) is 3.54. The second-order valence-corrected chi connectivity index (χ2v) is 5.55. The van der Waals surface area contributed by atoms with Crippen molar-refractivity contribution in [1.29, 1.82) is 0 Å². The third-order valence-electron chi connectivity index (χ3n) is 2.96. The lowest BCUT2D eigenvalue weighted by molar-refractivity contribution is -0.123. The van der Waals surface area contributed by atoms with E-state index in [0.717, 1.165) is 5.56 Å². The molecule has 4 nitrogen and oxygen atoms in total. The normalized spacial score (nSPS) is 13.8. The quantitative estimate of drug-likeness (QED) is 0.811. The Bertz CT molecular complexity index is 451. The minimum absolute atomic E-state index is 0.0311. The van der Waals surface area contributed by atoms with Gasteiger partial charge in [0.05, 0.1) is 12.5 Å². The van der Waals surface area contributed by atoms with E-state index in [4.69, 9.17) is 33.7 Å². The van der Waals surface area contributed by atoms with E-state index < -0.39 is 0 Å². The molecule has 1 aromatic rings. The predicted molar refractivity (Wildman–Crippen MR) is 82.2 cm³/mol. The molecule has 0 bridgehead atoms. The highest BCUT2D eigenvalue weighted by Gasteiger charge is 2.14. The molecule has 2 unspecified atom stereocenters. The minimum Gasteiger partial charge on any atom is -0.380 e. The van der Waals surface area contributed by atoms with Crippen LogP contribution in [-0.2, 0) is 16.0 Å². The van der Waals surface area contributed by atoms with Gasteiger partial charge in [0.15, 0.2) is 0 Å². The first kappa shape index (κ1) is 17.2. The lowest BCUT2D eigenvalue weighted by Crippen LogP contribution is -2.38. The van der Waals surface area contributed by atoms with Crippen molar-refractivity contribution in [2.75, 3.05) is 13.7 Å². The summed E-state index contributed by atoms with van der Waals surface area (Å²) in [6.45, 7) is 2.24. The fraction of sp³-hybridized carbons (Fsp3) is 0.500. The van der Waals surface area contributed by atoms with Crippen LogP contribution in [0.25, 0.3) is 0 Å². The Labute approximate surface area is 129 Å². The zero-order chi connectivity index (χ0) is 15.1. The summed E-state index contributed by atoms with van der Waals surface area (Å²) in [5.41, 5.74) is 6.44. The number of methoxy groups -OCH3 is 1. The van der Waals surface area contributed by atoms with E-state index in [1.165, 1.54) is 0 Å². The second kappa shape index (κ2) is 8.47. The van der Waals surface area contributed by atoms with Gasteiger partial charge in [-0.1, -0.05) is 29.3 Å². The van der Waals surface area contributed by atoms with E-state index in [1.54, 1.807) is 19.2 Å².